The molecule has 4 nitrogen and oxygen atoms in total. The third kappa shape index (κ3) is 3.92. The Bertz CT molecular complexity index is 709. The molecule has 0 aromatic heterocycles. The van der Waals surface area contributed by atoms with Crippen LogP contribution in [0.3, 0.4) is 0 Å². The van der Waals surface area contributed by atoms with Gasteiger partial charge in [-0.25, -0.2) is 4.79 Å². The van der Waals surface area contributed by atoms with Gasteiger partial charge < -0.3 is 10.4 Å². The third-order valence-electron chi connectivity index (χ3n) is 2.77. The molecule has 0 heterocycles. The Kier molecular flexibility index (Phi) is 4.80. The lowest BCUT2D eigenvalue weighted by atomic mass is 10.1. The summed E-state index contributed by atoms with van der Waals surface area (Å²) in [6, 6.07) is 9.83. The minimum atomic E-state index is -1.05. The first-order chi connectivity index (χ1) is 9.86. The summed E-state index contributed by atoms with van der Waals surface area (Å²) in [4.78, 5) is 23.2. The van der Waals surface area contributed by atoms with Gasteiger partial charge in [0.2, 0.25) is 0 Å². The van der Waals surface area contributed by atoms with E-state index in [1.54, 1.807) is 18.2 Å². The molecule has 1 amide bonds. The molecular weight excluding hydrogens is 402 g/mol. The summed E-state index contributed by atoms with van der Waals surface area (Å²) >= 11 is 6.64. The molecule has 21 heavy (non-hydrogen) atoms. The van der Waals surface area contributed by atoms with E-state index in [0.29, 0.717) is 15.7 Å². The number of benzene rings is 2. The van der Waals surface area contributed by atoms with Gasteiger partial charge in [0.15, 0.2) is 0 Å². The van der Waals surface area contributed by atoms with Gasteiger partial charge in [-0.1, -0.05) is 15.9 Å². The van der Waals surface area contributed by atoms with Crippen molar-refractivity contribution >= 4 is 49.4 Å². The van der Waals surface area contributed by atoms with Crippen LogP contribution in [0.25, 0.3) is 0 Å². The number of aryl methyl sites for hydroxylation is 1. The van der Waals surface area contributed by atoms with Gasteiger partial charge in [-0.15, -0.1) is 0 Å². The number of amides is 1. The van der Waals surface area contributed by atoms with Crippen molar-refractivity contribution in [1.29, 1.82) is 0 Å². The molecule has 2 rings (SSSR count). The SMILES string of the molecule is Cc1cc(Br)cc(C(=O)Nc2cc(C(=O)O)ccc2Br)c1. The van der Waals surface area contributed by atoms with Crippen molar-refractivity contribution in [1.82, 2.24) is 0 Å². The Hall–Kier alpha value is -1.66. The molecule has 2 aromatic carbocycles. The van der Waals surface area contributed by atoms with Crippen LogP contribution in [-0.4, -0.2) is 17.0 Å². The van der Waals surface area contributed by atoms with Crippen LogP contribution in [0.2, 0.25) is 0 Å². The fourth-order valence-corrected chi connectivity index (χ4v) is 2.77. The van der Waals surface area contributed by atoms with E-state index in [1.807, 2.05) is 13.0 Å². The maximum Gasteiger partial charge on any atom is 0.335 e. The van der Waals surface area contributed by atoms with E-state index >= 15 is 0 Å². The van der Waals surface area contributed by atoms with Gasteiger partial charge >= 0.3 is 5.97 Å². The average molecular weight is 413 g/mol. The largest absolute Gasteiger partial charge is 0.478 e. The molecule has 0 saturated heterocycles. The van der Waals surface area contributed by atoms with Crippen LogP contribution in [0.5, 0.6) is 0 Å². The van der Waals surface area contributed by atoms with Crippen molar-refractivity contribution in [3.8, 4) is 0 Å². The van der Waals surface area contributed by atoms with E-state index in [9.17, 15) is 9.59 Å². The van der Waals surface area contributed by atoms with E-state index < -0.39 is 5.97 Å². The topological polar surface area (TPSA) is 66.4 Å². The van der Waals surface area contributed by atoms with Crippen LogP contribution in [0.4, 0.5) is 5.69 Å². The lowest BCUT2D eigenvalue weighted by Gasteiger charge is -2.09. The number of anilines is 1. The molecule has 0 spiro atoms. The van der Waals surface area contributed by atoms with Crippen molar-refractivity contribution in [2.75, 3.05) is 5.32 Å². The standard InChI is InChI=1S/C15H11Br2NO3/c1-8-4-10(6-11(16)5-8)14(19)18-13-7-9(15(20)21)2-3-12(13)17/h2-7H,1H3,(H,18,19)(H,20,21). The number of rotatable bonds is 3. The summed E-state index contributed by atoms with van der Waals surface area (Å²) in [5, 5.41) is 11.7. The highest BCUT2D eigenvalue weighted by Crippen LogP contribution is 2.25. The van der Waals surface area contributed by atoms with Crippen LogP contribution in [0, 0.1) is 6.92 Å². The van der Waals surface area contributed by atoms with Crippen LogP contribution in [-0.2, 0) is 0 Å². The van der Waals surface area contributed by atoms with Gasteiger partial charge in [0.1, 0.15) is 0 Å². The van der Waals surface area contributed by atoms with Crippen molar-refractivity contribution < 1.29 is 14.7 Å². The quantitative estimate of drug-likeness (QED) is 0.781. The summed E-state index contributed by atoms with van der Waals surface area (Å²) in [6.07, 6.45) is 0. The molecule has 0 aliphatic rings. The zero-order valence-electron chi connectivity index (χ0n) is 11.0. The van der Waals surface area contributed by atoms with Gasteiger partial charge in [-0.2, -0.15) is 0 Å². The predicted molar refractivity (Wildman–Crippen MR) is 87.9 cm³/mol. The average Bonchev–Trinajstić information content (AvgIpc) is 2.39. The van der Waals surface area contributed by atoms with Crippen LogP contribution in [0.1, 0.15) is 26.3 Å². The zero-order chi connectivity index (χ0) is 15.6. The van der Waals surface area contributed by atoms with Crippen molar-refractivity contribution in [2.45, 2.75) is 6.92 Å². The van der Waals surface area contributed by atoms with Crippen LogP contribution in [0.15, 0.2) is 45.3 Å². The number of hydrogen-bond acceptors (Lipinski definition) is 2. The molecule has 2 N–H and O–H groups in total. The van der Waals surface area contributed by atoms with Crippen LogP contribution >= 0.6 is 31.9 Å². The van der Waals surface area contributed by atoms with E-state index in [-0.39, 0.29) is 11.5 Å². The Morgan fingerprint density at radius 3 is 2.38 bits per heavy atom. The van der Waals surface area contributed by atoms with Crippen molar-refractivity contribution in [2.24, 2.45) is 0 Å². The Balaban J connectivity index is 2.31. The molecule has 0 aliphatic heterocycles. The third-order valence-corrected chi connectivity index (χ3v) is 3.92. The van der Waals surface area contributed by atoms with Gasteiger partial charge in [0.25, 0.3) is 5.91 Å². The van der Waals surface area contributed by atoms with E-state index in [2.05, 4.69) is 37.2 Å². The second-order valence-electron chi connectivity index (χ2n) is 4.47. The fraction of sp³-hybridized carbons (Fsp3) is 0.0667. The first-order valence-corrected chi connectivity index (χ1v) is 7.57. The van der Waals surface area contributed by atoms with Gasteiger partial charge in [0.05, 0.1) is 11.3 Å². The zero-order valence-corrected chi connectivity index (χ0v) is 14.2. The summed E-state index contributed by atoms with van der Waals surface area (Å²) in [7, 11) is 0. The summed E-state index contributed by atoms with van der Waals surface area (Å²) in [5.74, 6) is -1.35. The number of carboxylic acid groups (broad SMARTS) is 1. The lowest BCUT2D eigenvalue weighted by molar-refractivity contribution is 0.0696. The highest BCUT2D eigenvalue weighted by Gasteiger charge is 2.12. The molecule has 0 unspecified atom stereocenters. The van der Waals surface area contributed by atoms with Gasteiger partial charge in [-0.05, 0) is 64.8 Å². The summed E-state index contributed by atoms with van der Waals surface area (Å²) < 4.78 is 1.43. The molecule has 6 heteroatoms. The number of hydrogen-bond donors (Lipinski definition) is 2. The molecule has 0 bridgehead atoms. The molecule has 0 aliphatic carbocycles. The van der Waals surface area contributed by atoms with E-state index in [1.165, 1.54) is 12.1 Å². The number of carbonyl (C=O) groups excluding carboxylic acids is 1. The molecule has 0 fully saturated rings. The molecule has 2 aromatic rings. The minimum Gasteiger partial charge on any atom is -0.478 e. The molecule has 108 valence electrons. The molecule has 0 saturated carbocycles. The predicted octanol–water partition coefficient (Wildman–Crippen LogP) is 4.47. The molecule has 0 atom stereocenters. The fourth-order valence-electron chi connectivity index (χ4n) is 1.82. The molecular formula is C15H11Br2NO3. The second kappa shape index (κ2) is 6.41. The number of nitrogens with one attached hydrogen (secondary N) is 1. The maximum atomic E-state index is 12.3. The molecule has 0 radical (unpaired) electrons. The number of aromatic carboxylic acids is 1. The monoisotopic (exact) mass is 411 g/mol. The van der Waals surface area contributed by atoms with E-state index in [4.69, 9.17) is 5.11 Å². The van der Waals surface area contributed by atoms with Crippen molar-refractivity contribution in [3.63, 3.8) is 0 Å². The normalized spacial score (nSPS) is 10.2. The van der Waals surface area contributed by atoms with Crippen molar-refractivity contribution in [3.05, 3.63) is 62.0 Å². The number of carbonyl (C=O) groups is 2. The lowest BCUT2D eigenvalue weighted by Crippen LogP contribution is -2.13. The highest BCUT2D eigenvalue weighted by molar-refractivity contribution is 9.10. The number of halogens is 2. The van der Waals surface area contributed by atoms with E-state index in [0.717, 1.165) is 10.0 Å². The first-order valence-electron chi connectivity index (χ1n) is 5.98. The number of carboxylic acids is 1. The minimum absolute atomic E-state index is 0.110. The second-order valence-corrected chi connectivity index (χ2v) is 6.24. The maximum absolute atomic E-state index is 12.3. The van der Waals surface area contributed by atoms with Gasteiger partial charge in [0, 0.05) is 14.5 Å². The first kappa shape index (κ1) is 15.7. The highest BCUT2D eigenvalue weighted by atomic mass is 79.9. The summed E-state index contributed by atoms with van der Waals surface area (Å²) in [6.45, 7) is 1.89. The Labute approximate surface area is 138 Å². The van der Waals surface area contributed by atoms with Gasteiger partial charge in [-0.3, -0.25) is 4.79 Å². The van der Waals surface area contributed by atoms with Crippen LogP contribution < -0.4 is 5.32 Å². The summed E-state index contributed by atoms with van der Waals surface area (Å²) in [5.41, 5.74) is 1.97. The Morgan fingerprint density at radius 2 is 1.76 bits per heavy atom. The Morgan fingerprint density at radius 1 is 1.05 bits per heavy atom. The smallest absolute Gasteiger partial charge is 0.335 e.